The smallest absolute Gasteiger partial charge is 0.0719 e. The molecule has 0 saturated carbocycles. The molecule has 0 aromatic heterocycles. The van der Waals surface area contributed by atoms with Crippen molar-refractivity contribution < 1.29 is 0 Å². The number of hydrogen-bond donors (Lipinski definition) is 0. The van der Waals surface area contributed by atoms with Gasteiger partial charge >= 0.3 is 0 Å². The summed E-state index contributed by atoms with van der Waals surface area (Å²) in [4.78, 5) is 2.40. The van der Waals surface area contributed by atoms with Gasteiger partial charge in [0.25, 0.3) is 0 Å². The van der Waals surface area contributed by atoms with Gasteiger partial charge in [-0.2, -0.15) is 0 Å². The molecule has 1 aliphatic rings. The van der Waals surface area contributed by atoms with E-state index in [1.165, 1.54) is 77.5 Å². The third-order valence-corrected chi connectivity index (χ3v) is 12.3. The highest BCUT2D eigenvalue weighted by atomic mass is 15.1. The molecule has 11 rings (SSSR count). The van der Waals surface area contributed by atoms with E-state index in [0.717, 1.165) is 17.1 Å². The summed E-state index contributed by atoms with van der Waals surface area (Å²) in [7, 11) is 0. The zero-order valence-corrected chi connectivity index (χ0v) is 33.1. The van der Waals surface area contributed by atoms with Crippen molar-refractivity contribution in [3.63, 3.8) is 0 Å². The van der Waals surface area contributed by atoms with Crippen LogP contribution in [0.3, 0.4) is 0 Å². The van der Waals surface area contributed by atoms with Gasteiger partial charge < -0.3 is 4.90 Å². The molecule has 0 atom stereocenters. The van der Waals surface area contributed by atoms with Crippen LogP contribution in [0.1, 0.15) is 22.3 Å². The molecule has 1 nitrogen and oxygen atoms in total. The van der Waals surface area contributed by atoms with Crippen LogP contribution in [0.4, 0.5) is 17.1 Å². The molecule has 282 valence electrons. The van der Waals surface area contributed by atoms with Crippen LogP contribution in [-0.4, -0.2) is 0 Å². The number of hydrogen-bond acceptors (Lipinski definition) is 1. The van der Waals surface area contributed by atoms with Gasteiger partial charge in [0.05, 0.1) is 5.41 Å². The molecule has 0 bridgehead atoms. The minimum absolute atomic E-state index is 0.564. The summed E-state index contributed by atoms with van der Waals surface area (Å²) in [6.45, 7) is 0. The average Bonchev–Trinajstić information content (AvgIpc) is 3.65. The largest absolute Gasteiger partial charge is 0.310 e. The molecular formula is C59H41N. The Labute approximate surface area is 352 Å². The van der Waals surface area contributed by atoms with Crippen molar-refractivity contribution >= 4 is 27.8 Å². The van der Waals surface area contributed by atoms with Crippen molar-refractivity contribution in [2.24, 2.45) is 0 Å². The summed E-state index contributed by atoms with van der Waals surface area (Å²) in [5.74, 6) is 0. The summed E-state index contributed by atoms with van der Waals surface area (Å²) in [6, 6.07) is 91.0. The van der Waals surface area contributed by atoms with Crippen LogP contribution < -0.4 is 4.90 Å². The molecule has 1 aliphatic carbocycles. The third-order valence-electron chi connectivity index (χ3n) is 12.3. The van der Waals surface area contributed by atoms with Crippen LogP contribution in [0.5, 0.6) is 0 Å². The molecule has 0 radical (unpaired) electrons. The number of para-hydroxylation sites is 1. The lowest BCUT2D eigenvalue weighted by molar-refractivity contribution is 0.775. The molecule has 0 heterocycles. The van der Waals surface area contributed by atoms with Crippen LogP contribution in [0, 0.1) is 0 Å². The van der Waals surface area contributed by atoms with Crippen molar-refractivity contribution in [3.05, 3.63) is 271 Å². The number of rotatable bonds is 8. The fraction of sp³-hybridized carbons (Fsp3) is 0.0169. The molecule has 0 spiro atoms. The predicted molar refractivity (Wildman–Crippen MR) is 252 cm³/mol. The van der Waals surface area contributed by atoms with Gasteiger partial charge in [-0.05, 0) is 120 Å². The van der Waals surface area contributed by atoms with Gasteiger partial charge in [-0.15, -0.1) is 0 Å². The second kappa shape index (κ2) is 14.9. The maximum absolute atomic E-state index is 2.45. The van der Waals surface area contributed by atoms with Crippen molar-refractivity contribution in [2.75, 3.05) is 4.90 Å². The Balaban J connectivity index is 1.14. The van der Waals surface area contributed by atoms with Crippen LogP contribution in [0.25, 0.3) is 55.3 Å². The Hall–Kier alpha value is -7.74. The van der Waals surface area contributed by atoms with Gasteiger partial charge in [-0.25, -0.2) is 0 Å². The first kappa shape index (κ1) is 35.4. The standard InChI is InChI=1S/C59H41N/c1-6-18-42(19-7-1)43-30-32-44(33-31-43)45-34-36-51(37-35-45)60(50-27-14-5-15-28-50)52-38-39-56-55(41-52)57-54(46-20-8-2-9-21-46)40-47-22-16-17-29-53(47)58(57)59(56,48-23-10-3-11-24-48)49-25-12-4-13-26-49/h1-41H. The normalized spacial score (nSPS) is 12.5. The van der Waals surface area contributed by atoms with Crippen molar-refractivity contribution in [3.8, 4) is 44.5 Å². The molecule has 0 saturated heterocycles. The number of fused-ring (bicyclic) bond motifs is 5. The first-order chi connectivity index (χ1) is 29.8. The Morgan fingerprint density at radius 3 is 1.32 bits per heavy atom. The van der Waals surface area contributed by atoms with Crippen LogP contribution in [0.15, 0.2) is 249 Å². The molecule has 0 N–H and O–H groups in total. The summed E-state index contributed by atoms with van der Waals surface area (Å²) in [5, 5.41) is 2.50. The summed E-state index contributed by atoms with van der Waals surface area (Å²) >= 11 is 0. The first-order valence-corrected chi connectivity index (χ1v) is 20.8. The zero-order valence-electron chi connectivity index (χ0n) is 33.1. The van der Waals surface area contributed by atoms with E-state index in [9.17, 15) is 0 Å². The lowest BCUT2D eigenvalue weighted by atomic mass is 9.66. The third kappa shape index (κ3) is 5.86. The van der Waals surface area contributed by atoms with E-state index in [1.54, 1.807) is 0 Å². The van der Waals surface area contributed by atoms with E-state index >= 15 is 0 Å². The number of nitrogens with zero attached hydrogens (tertiary/aromatic N) is 1. The van der Waals surface area contributed by atoms with Crippen molar-refractivity contribution in [1.82, 2.24) is 0 Å². The SMILES string of the molecule is c1ccc(-c2ccc(-c3ccc(N(c4ccccc4)c4ccc5c(c4)-c4c(-c6ccccc6)cc6ccccc6c4C5(c4ccccc4)c4ccccc4)cc3)cc2)cc1. The fourth-order valence-corrected chi connectivity index (χ4v) is 9.66. The molecule has 60 heavy (non-hydrogen) atoms. The van der Waals surface area contributed by atoms with Crippen LogP contribution >= 0.6 is 0 Å². The quantitative estimate of drug-likeness (QED) is 0.149. The van der Waals surface area contributed by atoms with Crippen LogP contribution in [-0.2, 0) is 5.41 Å². The zero-order chi connectivity index (χ0) is 39.9. The molecule has 10 aromatic carbocycles. The van der Waals surface area contributed by atoms with Gasteiger partial charge in [0, 0.05) is 17.1 Å². The van der Waals surface area contributed by atoms with Gasteiger partial charge in [0.2, 0.25) is 0 Å². The van der Waals surface area contributed by atoms with E-state index in [2.05, 4.69) is 254 Å². The highest BCUT2D eigenvalue weighted by Gasteiger charge is 2.48. The van der Waals surface area contributed by atoms with E-state index in [0.29, 0.717) is 0 Å². The topological polar surface area (TPSA) is 3.24 Å². The molecule has 1 heteroatoms. The second-order valence-corrected chi connectivity index (χ2v) is 15.6. The Morgan fingerprint density at radius 1 is 0.300 bits per heavy atom. The van der Waals surface area contributed by atoms with Gasteiger partial charge in [-0.3, -0.25) is 0 Å². The van der Waals surface area contributed by atoms with Crippen LogP contribution in [0.2, 0.25) is 0 Å². The molecule has 0 fully saturated rings. The number of anilines is 3. The Bertz CT molecular complexity index is 3050. The first-order valence-electron chi connectivity index (χ1n) is 20.8. The molecule has 0 unspecified atom stereocenters. The highest BCUT2D eigenvalue weighted by molar-refractivity contribution is 6.07. The lowest BCUT2D eigenvalue weighted by Crippen LogP contribution is -2.29. The van der Waals surface area contributed by atoms with E-state index in [4.69, 9.17) is 0 Å². The molecular weight excluding hydrogens is 723 g/mol. The van der Waals surface area contributed by atoms with Gasteiger partial charge in [-0.1, -0.05) is 206 Å². The monoisotopic (exact) mass is 763 g/mol. The summed E-state index contributed by atoms with van der Waals surface area (Å²) in [5.41, 5.74) is 17.7. The van der Waals surface area contributed by atoms with Crippen molar-refractivity contribution in [2.45, 2.75) is 5.41 Å². The lowest BCUT2D eigenvalue weighted by Gasteiger charge is -2.35. The van der Waals surface area contributed by atoms with E-state index in [-0.39, 0.29) is 0 Å². The maximum Gasteiger partial charge on any atom is 0.0719 e. The number of benzene rings is 10. The van der Waals surface area contributed by atoms with Gasteiger partial charge in [0.1, 0.15) is 0 Å². The van der Waals surface area contributed by atoms with E-state index in [1.807, 2.05) is 0 Å². The predicted octanol–water partition coefficient (Wildman–Crippen LogP) is 15.7. The molecule has 10 aromatic rings. The average molecular weight is 764 g/mol. The minimum Gasteiger partial charge on any atom is -0.310 e. The fourth-order valence-electron chi connectivity index (χ4n) is 9.66. The highest BCUT2D eigenvalue weighted by Crippen LogP contribution is 2.61. The van der Waals surface area contributed by atoms with Gasteiger partial charge in [0.15, 0.2) is 0 Å². The maximum atomic E-state index is 2.45. The summed E-state index contributed by atoms with van der Waals surface area (Å²) < 4.78 is 0. The van der Waals surface area contributed by atoms with E-state index < -0.39 is 5.41 Å². The Kier molecular flexibility index (Phi) is 8.79. The summed E-state index contributed by atoms with van der Waals surface area (Å²) in [6.07, 6.45) is 0. The second-order valence-electron chi connectivity index (χ2n) is 15.6. The minimum atomic E-state index is -0.564. The molecule has 0 aliphatic heterocycles. The molecule has 0 amide bonds. The Morgan fingerprint density at radius 2 is 0.733 bits per heavy atom. The van der Waals surface area contributed by atoms with Crippen molar-refractivity contribution in [1.29, 1.82) is 0 Å².